The summed E-state index contributed by atoms with van der Waals surface area (Å²) in [6.45, 7) is 7.46. The van der Waals surface area contributed by atoms with E-state index < -0.39 is 0 Å². The maximum absolute atomic E-state index is 5.42. The van der Waals surface area contributed by atoms with Crippen LogP contribution in [-0.2, 0) is 4.74 Å². The minimum atomic E-state index is 0.427. The lowest BCUT2D eigenvalue weighted by molar-refractivity contribution is 0.144. The van der Waals surface area contributed by atoms with Crippen LogP contribution in [0.2, 0.25) is 0 Å². The van der Waals surface area contributed by atoms with Gasteiger partial charge in [0.2, 0.25) is 0 Å². The van der Waals surface area contributed by atoms with Crippen LogP contribution >= 0.6 is 0 Å². The monoisotopic (exact) mass is 160 g/mol. The topological polar surface area (TPSA) is 47.3 Å². The van der Waals surface area contributed by atoms with Gasteiger partial charge in [0.25, 0.3) is 0 Å². The van der Waals surface area contributed by atoms with Gasteiger partial charge in [0, 0.05) is 25.8 Å². The Hall–Kier alpha value is -0.120. The second-order valence-electron chi connectivity index (χ2n) is 2.64. The van der Waals surface area contributed by atoms with Gasteiger partial charge < -0.3 is 15.8 Å². The molecule has 0 spiro atoms. The van der Waals surface area contributed by atoms with Gasteiger partial charge in [0.05, 0.1) is 0 Å². The van der Waals surface area contributed by atoms with Crippen molar-refractivity contribution in [1.82, 2.24) is 5.32 Å². The van der Waals surface area contributed by atoms with Crippen LogP contribution in [0, 0.1) is 0 Å². The van der Waals surface area contributed by atoms with Gasteiger partial charge in [-0.2, -0.15) is 0 Å². The van der Waals surface area contributed by atoms with E-state index in [2.05, 4.69) is 12.2 Å². The molecule has 0 unspecified atom stereocenters. The van der Waals surface area contributed by atoms with E-state index in [1.54, 1.807) is 0 Å². The maximum Gasteiger partial charge on any atom is 0.0477 e. The highest BCUT2D eigenvalue weighted by molar-refractivity contribution is 4.59. The van der Waals surface area contributed by atoms with Gasteiger partial charge >= 0.3 is 0 Å². The molecule has 3 heteroatoms. The Morgan fingerprint density at radius 2 is 2.27 bits per heavy atom. The number of nitrogens with one attached hydrogen (secondary N) is 1. The number of hydrogen-bond acceptors (Lipinski definition) is 3. The molecule has 68 valence electrons. The Morgan fingerprint density at radius 3 is 2.82 bits per heavy atom. The first-order valence-electron chi connectivity index (χ1n) is 4.32. The third-order valence-electron chi connectivity index (χ3n) is 1.52. The predicted molar refractivity (Wildman–Crippen MR) is 47.6 cm³/mol. The standard InChI is InChI=1S/C8H20N2O/c1-3-11-6-4-5-10-8(2)7-9/h8,10H,3-7,9H2,1-2H3/t8-/m1/s1. The first-order chi connectivity index (χ1) is 5.31. The highest BCUT2D eigenvalue weighted by atomic mass is 16.5. The summed E-state index contributed by atoms with van der Waals surface area (Å²) in [4.78, 5) is 0. The lowest BCUT2D eigenvalue weighted by Gasteiger charge is -2.10. The molecule has 1 atom stereocenters. The molecular weight excluding hydrogens is 140 g/mol. The van der Waals surface area contributed by atoms with Crippen molar-refractivity contribution in [2.75, 3.05) is 26.3 Å². The van der Waals surface area contributed by atoms with Gasteiger partial charge in [-0.15, -0.1) is 0 Å². The highest BCUT2D eigenvalue weighted by Gasteiger charge is 1.95. The van der Waals surface area contributed by atoms with E-state index in [1.807, 2.05) is 6.92 Å². The van der Waals surface area contributed by atoms with Gasteiger partial charge in [-0.1, -0.05) is 0 Å². The van der Waals surface area contributed by atoms with E-state index in [4.69, 9.17) is 10.5 Å². The molecule has 0 aromatic heterocycles. The Labute approximate surface area is 69.3 Å². The van der Waals surface area contributed by atoms with Crippen LogP contribution in [-0.4, -0.2) is 32.3 Å². The van der Waals surface area contributed by atoms with Crippen LogP contribution in [0.15, 0.2) is 0 Å². The molecule has 0 amide bonds. The molecule has 3 nitrogen and oxygen atoms in total. The molecule has 0 rings (SSSR count). The SMILES string of the molecule is CCOCCCN[C@H](C)CN. The van der Waals surface area contributed by atoms with E-state index in [0.29, 0.717) is 12.6 Å². The quantitative estimate of drug-likeness (QED) is 0.528. The maximum atomic E-state index is 5.42. The van der Waals surface area contributed by atoms with Crippen LogP contribution in [0.4, 0.5) is 0 Å². The summed E-state index contributed by atoms with van der Waals surface area (Å²) in [5.74, 6) is 0. The van der Waals surface area contributed by atoms with Crippen molar-refractivity contribution < 1.29 is 4.74 Å². The molecule has 0 fully saturated rings. The van der Waals surface area contributed by atoms with Crippen LogP contribution in [0.1, 0.15) is 20.3 Å². The Morgan fingerprint density at radius 1 is 1.55 bits per heavy atom. The number of hydrogen-bond donors (Lipinski definition) is 2. The summed E-state index contributed by atoms with van der Waals surface area (Å²) in [5, 5.41) is 3.29. The Kier molecular flexibility index (Phi) is 7.89. The molecule has 0 aromatic rings. The van der Waals surface area contributed by atoms with E-state index >= 15 is 0 Å². The van der Waals surface area contributed by atoms with Crippen LogP contribution < -0.4 is 11.1 Å². The molecule has 0 radical (unpaired) electrons. The smallest absolute Gasteiger partial charge is 0.0477 e. The second kappa shape index (κ2) is 7.98. The summed E-state index contributed by atoms with van der Waals surface area (Å²) < 4.78 is 5.18. The number of rotatable bonds is 7. The fraction of sp³-hybridized carbons (Fsp3) is 1.00. The molecule has 0 aliphatic heterocycles. The summed E-state index contributed by atoms with van der Waals surface area (Å²) in [5.41, 5.74) is 5.42. The zero-order chi connectivity index (χ0) is 8.53. The molecule has 11 heavy (non-hydrogen) atoms. The molecule has 0 aliphatic carbocycles. The Bertz CT molecular complexity index is 78.5. The molecule has 0 bridgehead atoms. The van der Waals surface area contributed by atoms with E-state index in [0.717, 1.165) is 26.2 Å². The van der Waals surface area contributed by atoms with E-state index in [1.165, 1.54) is 0 Å². The molecule has 0 saturated carbocycles. The fourth-order valence-electron chi connectivity index (χ4n) is 0.750. The van der Waals surface area contributed by atoms with Crippen molar-refractivity contribution in [1.29, 1.82) is 0 Å². The van der Waals surface area contributed by atoms with Gasteiger partial charge in [-0.25, -0.2) is 0 Å². The third-order valence-corrected chi connectivity index (χ3v) is 1.52. The van der Waals surface area contributed by atoms with Crippen molar-refractivity contribution in [3.8, 4) is 0 Å². The van der Waals surface area contributed by atoms with Gasteiger partial charge in [0.15, 0.2) is 0 Å². The fourth-order valence-corrected chi connectivity index (χ4v) is 0.750. The zero-order valence-electron chi connectivity index (χ0n) is 7.60. The second-order valence-corrected chi connectivity index (χ2v) is 2.64. The van der Waals surface area contributed by atoms with Gasteiger partial charge in [0.1, 0.15) is 0 Å². The van der Waals surface area contributed by atoms with Gasteiger partial charge in [-0.3, -0.25) is 0 Å². The summed E-state index contributed by atoms with van der Waals surface area (Å²) >= 11 is 0. The van der Waals surface area contributed by atoms with Crippen molar-refractivity contribution >= 4 is 0 Å². The highest BCUT2D eigenvalue weighted by Crippen LogP contribution is 1.82. The molecule has 0 aliphatic rings. The van der Waals surface area contributed by atoms with Crippen LogP contribution in [0.3, 0.4) is 0 Å². The van der Waals surface area contributed by atoms with E-state index in [9.17, 15) is 0 Å². The molecule has 0 aromatic carbocycles. The Balaban J connectivity index is 2.89. The average molecular weight is 160 g/mol. The molecule has 0 saturated heterocycles. The summed E-state index contributed by atoms with van der Waals surface area (Å²) in [6.07, 6.45) is 1.07. The van der Waals surface area contributed by atoms with Gasteiger partial charge in [-0.05, 0) is 26.8 Å². The van der Waals surface area contributed by atoms with Crippen molar-refractivity contribution in [2.45, 2.75) is 26.3 Å². The first-order valence-corrected chi connectivity index (χ1v) is 4.32. The van der Waals surface area contributed by atoms with Crippen molar-refractivity contribution in [3.05, 3.63) is 0 Å². The summed E-state index contributed by atoms with van der Waals surface area (Å²) in [7, 11) is 0. The number of ether oxygens (including phenoxy) is 1. The predicted octanol–water partition coefficient (Wildman–Crippen LogP) is 0.350. The molecule has 3 N–H and O–H groups in total. The summed E-state index contributed by atoms with van der Waals surface area (Å²) in [6, 6.07) is 0.427. The minimum absolute atomic E-state index is 0.427. The number of nitrogens with two attached hydrogens (primary N) is 1. The van der Waals surface area contributed by atoms with Crippen molar-refractivity contribution in [3.63, 3.8) is 0 Å². The van der Waals surface area contributed by atoms with Crippen LogP contribution in [0.25, 0.3) is 0 Å². The zero-order valence-corrected chi connectivity index (χ0v) is 7.60. The third kappa shape index (κ3) is 7.78. The first kappa shape index (κ1) is 10.9. The largest absolute Gasteiger partial charge is 0.382 e. The molecular formula is C8H20N2O. The van der Waals surface area contributed by atoms with Crippen LogP contribution in [0.5, 0.6) is 0 Å². The normalized spacial score (nSPS) is 13.4. The minimum Gasteiger partial charge on any atom is -0.382 e. The lowest BCUT2D eigenvalue weighted by Crippen LogP contribution is -2.34. The average Bonchev–Trinajstić information content (AvgIpc) is 2.04. The van der Waals surface area contributed by atoms with E-state index in [-0.39, 0.29) is 0 Å². The molecule has 0 heterocycles. The van der Waals surface area contributed by atoms with Crippen molar-refractivity contribution in [2.24, 2.45) is 5.73 Å². The lowest BCUT2D eigenvalue weighted by atomic mass is 10.3.